The Balaban J connectivity index is 1.91. The Kier molecular flexibility index (Phi) is 4.32. The smallest absolute Gasteiger partial charge is 0.333 e. The first-order valence-electron chi connectivity index (χ1n) is 6.29. The summed E-state index contributed by atoms with van der Waals surface area (Å²) in [5.74, 6) is -1.98. The van der Waals surface area contributed by atoms with Crippen LogP contribution >= 0.6 is 0 Å². The zero-order valence-electron chi connectivity index (χ0n) is 11.4. The quantitative estimate of drug-likeness (QED) is 0.597. The van der Waals surface area contributed by atoms with E-state index in [1.54, 1.807) is 24.3 Å². The van der Waals surface area contributed by atoms with Gasteiger partial charge in [0.15, 0.2) is 0 Å². The molecule has 0 aliphatic carbocycles. The predicted octanol–water partition coefficient (Wildman–Crippen LogP) is 0.540. The minimum Gasteiger partial charge on any atom is -0.459 e. The lowest BCUT2D eigenvalue weighted by Gasteiger charge is -2.29. The molecular weight excluding hydrogens is 276 g/mol. The summed E-state index contributed by atoms with van der Waals surface area (Å²) in [6, 6.07) is 8.22. The average Bonchev–Trinajstić information content (AvgIpc) is 2.48. The van der Waals surface area contributed by atoms with Gasteiger partial charge in [0.05, 0.1) is 0 Å². The zero-order chi connectivity index (χ0) is 15.4. The number of barbiturate groups is 1. The molecule has 0 aromatic heterocycles. The number of carbonyl (C=O) groups excluding carboxylic acids is 4. The molecule has 7 nitrogen and oxygen atoms in total. The predicted molar refractivity (Wildman–Crippen MR) is 70.7 cm³/mol. The van der Waals surface area contributed by atoms with Crippen molar-refractivity contribution in [1.29, 1.82) is 0 Å². The first kappa shape index (κ1) is 14.7. The van der Waals surface area contributed by atoms with E-state index in [0.717, 1.165) is 10.5 Å². The van der Waals surface area contributed by atoms with Crippen molar-refractivity contribution < 1.29 is 23.9 Å². The molecule has 1 aromatic carbocycles. The highest BCUT2D eigenvalue weighted by Gasteiger charge is 2.36. The SMILES string of the molecule is CN1C(=O)CC(=O)N(CC(=O)OCc2ccccc2)C1=O. The maximum absolute atomic E-state index is 11.8. The zero-order valence-corrected chi connectivity index (χ0v) is 11.4. The molecule has 1 aliphatic rings. The Morgan fingerprint density at radius 1 is 1.14 bits per heavy atom. The summed E-state index contributed by atoms with van der Waals surface area (Å²) in [7, 11) is 1.26. The lowest BCUT2D eigenvalue weighted by atomic mass is 10.2. The van der Waals surface area contributed by atoms with E-state index in [0.29, 0.717) is 4.90 Å². The van der Waals surface area contributed by atoms with Crippen molar-refractivity contribution in [2.45, 2.75) is 13.0 Å². The number of esters is 1. The molecule has 0 radical (unpaired) electrons. The minimum atomic E-state index is -0.812. The number of urea groups is 1. The van der Waals surface area contributed by atoms with Crippen LogP contribution in [0.1, 0.15) is 12.0 Å². The lowest BCUT2D eigenvalue weighted by molar-refractivity contribution is -0.152. The fourth-order valence-corrected chi connectivity index (χ4v) is 1.81. The molecule has 0 N–H and O–H groups in total. The van der Waals surface area contributed by atoms with Gasteiger partial charge in [-0.15, -0.1) is 0 Å². The van der Waals surface area contributed by atoms with Gasteiger partial charge in [0.25, 0.3) is 0 Å². The van der Waals surface area contributed by atoms with Gasteiger partial charge in [-0.3, -0.25) is 24.2 Å². The van der Waals surface area contributed by atoms with Crippen LogP contribution in [0.4, 0.5) is 4.79 Å². The van der Waals surface area contributed by atoms with Gasteiger partial charge in [0, 0.05) is 7.05 Å². The number of carbonyl (C=O) groups is 4. The van der Waals surface area contributed by atoms with Crippen LogP contribution in [0.5, 0.6) is 0 Å². The van der Waals surface area contributed by atoms with Crippen LogP contribution in [-0.2, 0) is 25.7 Å². The van der Waals surface area contributed by atoms with E-state index in [4.69, 9.17) is 4.74 Å². The highest BCUT2D eigenvalue weighted by atomic mass is 16.5. The fourth-order valence-electron chi connectivity index (χ4n) is 1.81. The van der Waals surface area contributed by atoms with E-state index in [9.17, 15) is 19.2 Å². The van der Waals surface area contributed by atoms with E-state index in [-0.39, 0.29) is 6.61 Å². The van der Waals surface area contributed by atoms with Crippen molar-refractivity contribution in [1.82, 2.24) is 9.80 Å². The van der Waals surface area contributed by atoms with Crippen LogP contribution in [-0.4, -0.2) is 47.2 Å². The fraction of sp³-hybridized carbons (Fsp3) is 0.286. The van der Waals surface area contributed by atoms with Gasteiger partial charge >= 0.3 is 12.0 Å². The number of hydrogen-bond acceptors (Lipinski definition) is 5. The first-order valence-corrected chi connectivity index (χ1v) is 6.29. The molecule has 1 heterocycles. The first-order chi connectivity index (χ1) is 9.99. The molecule has 0 spiro atoms. The number of nitrogens with zero attached hydrogens (tertiary/aromatic N) is 2. The van der Waals surface area contributed by atoms with Crippen molar-refractivity contribution in [3.8, 4) is 0 Å². The van der Waals surface area contributed by atoms with Gasteiger partial charge in [-0.05, 0) is 5.56 Å². The third-order valence-corrected chi connectivity index (χ3v) is 3.03. The van der Waals surface area contributed by atoms with Crippen molar-refractivity contribution in [2.24, 2.45) is 0 Å². The third-order valence-electron chi connectivity index (χ3n) is 3.03. The van der Waals surface area contributed by atoms with Crippen LogP contribution in [0.25, 0.3) is 0 Å². The number of benzene rings is 1. The average molecular weight is 290 g/mol. The lowest BCUT2D eigenvalue weighted by Crippen LogP contribution is -2.54. The van der Waals surface area contributed by atoms with Crippen LogP contribution in [0.3, 0.4) is 0 Å². The Bertz CT molecular complexity index is 584. The van der Waals surface area contributed by atoms with E-state index in [1.807, 2.05) is 6.07 Å². The van der Waals surface area contributed by atoms with Crippen LogP contribution in [0.15, 0.2) is 30.3 Å². The monoisotopic (exact) mass is 290 g/mol. The van der Waals surface area contributed by atoms with Crippen LogP contribution < -0.4 is 0 Å². The number of hydrogen-bond donors (Lipinski definition) is 0. The van der Waals surface area contributed by atoms with Gasteiger partial charge in [0.2, 0.25) is 11.8 Å². The van der Waals surface area contributed by atoms with Gasteiger partial charge in [0.1, 0.15) is 19.6 Å². The molecule has 0 saturated carbocycles. The van der Waals surface area contributed by atoms with Crippen molar-refractivity contribution >= 4 is 23.8 Å². The van der Waals surface area contributed by atoms with Gasteiger partial charge in [-0.25, -0.2) is 4.79 Å². The summed E-state index contributed by atoms with van der Waals surface area (Å²) >= 11 is 0. The maximum Gasteiger partial charge on any atom is 0.333 e. The highest BCUT2D eigenvalue weighted by molar-refractivity contribution is 6.14. The Morgan fingerprint density at radius 2 is 1.81 bits per heavy atom. The molecule has 1 aliphatic heterocycles. The van der Waals surface area contributed by atoms with Crippen LogP contribution in [0, 0.1) is 0 Å². The Morgan fingerprint density at radius 3 is 2.48 bits per heavy atom. The van der Waals surface area contributed by atoms with Crippen LogP contribution in [0.2, 0.25) is 0 Å². The summed E-state index contributed by atoms with van der Waals surface area (Å²) in [4.78, 5) is 47.9. The second-order valence-electron chi connectivity index (χ2n) is 4.54. The molecule has 0 unspecified atom stereocenters. The Labute approximate surface area is 121 Å². The van der Waals surface area contributed by atoms with E-state index in [1.165, 1.54) is 7.05 Å². The van der Waals surface area contributed by atoms with Crippen molar-refractivity contribution in [2.75, 3.05) is 13.6 Å². The normalized spacial score (nSPS) is 15.4. The molecule has 1 saturated heterocycles. The van der Waals surface area contributed by atoms with E-state index >= 15 is 0 Å². The molecule has 1 fully saturated rings. The minimum absolute atomic E-state index is 0.0602. The van der Waals surface area contributed by atoms with Crippen molar-refractivity contribution in [3.63, 3.8) is 0 Å². The van der Waals surface area contributed by atoms with Gasteiger partial charge in [-0.2, -0.15) is 0 Å². The topological polar surface area (TPSA) is 84.0 Å². The second kappa shape index (κ2) is 6.17. The number of amides is 4. The third kappa shape index (κ3) is 3.44. The van der Waals surface area contributed by atoms with Gasteiger partial charge in [-0.1, -0.05) is 30.3 Å². The molecule has 1 aromatic rings. The summed E-state index contributed by atoms with van der Waals surface area (Å²) in [5, 5.41) is 0. The molecule has 4 amide bonds. The molecule has 110 valence electrons. The molecule has 0 bridgehead atoms. The second-order valence-corrected chi connectivity index (χ2v) is 4.54. The molecule has 0 atom stereocenters. The van der Waals surface area contributed by atoms with Crippen molar-refractivity contribution in [3.05, 3.63) is 35.9 Å². The summed E-state index contributed by atoms with van der Waals surface area (Å²) < 4.78 is 5.00. The largest absolute Gasteiger partial charge is 0.459 e. The summed E-state index contributed by atoms with van der Waals surface area (Å²) in [6.07, 6.45) is -0.422. The standard InChI is InChI=1S/C14H14N2O5/c1-15-11(17)7-12(18)16(14(15)20)8-13(19)21-9-10-5-3-2-4-6-10/h2-6H,7-9H2,1H3. The number of rotatable bonds is 4. The highest BCUT2D eigenvalue weighted by Crippen LogP contribution is 2.10. The maximum atomic E-state index is 11.8. The summed E-state index contributed by atoms with van der Waals surface area (Å²) in [6.45, 7) is -0.438. The molecular formula is C14H14N2O5. The van der Waals surface area contributed by atoms with E-state index < -0.39 is 36.8 Å². The number of imide groups is 2. The summed E-state index contributed by atoms with van der Waals surface area (Å²) in [5.41, 5.74) is 0.800. The number of ether oxygens (including phenoxy) is 1. The Hall–Kier alpha value is -2.70. The molecule has 2 rings (SSSR count). The van der Waals surface area contributed by atoms with E-state index in [2.05, 4.69) is 0 Å². The molecule has 21 heavy (non-hydrogen) atoms. The molecule has 7 heteroatoms. The van der Waals surface area contributed by atoms with Gasteiger partial charge < -0.3 is 4.74 Å².